The Bertz CT molecular complexity index is 916. The fraction of sp³-hybridized carbons (Fsp3) is 0.391. The van der Waals surface area contributed by atoms with E-state index in [-0.39, 0.29) is 11.5 Å². The quantitative estimate of drug-likeness (QED) is 0.837. The topological polar surface area (TPSA) is 61.4 Å². The Balaban J connectivity index is 1.56. The molecule has 2 aromatic carbocycles. The lowest BCUT2D eigenvalue weighted by atomic mass is 9.92. The molecule has 2 amide bonds. The molecule has 0 aliphatic carbocycles. The molecule has 0 aromatic heterocycles. The number of amides is 2. The second kappa shape index (κ2) is 8.33. The molecule has 6 heteroatoms. The number of carbonyl (C=O) groups excluding carboxylic acids is 2. The highest BCUT2D eigenvalue weighted by Crippen LogP contribution is 2.29. The smallest absolute Gasteiger partial charge is 0.258 e. The molecule has 2 heterocycles. The molecule has 29 heavy (non-hydrogen) atoms. The van der Waals surface area contributed by atoms with E-state index in [0.717, 1.165) is 44.6 Å². The molecule has 2 aliphatic heterocycles. The van der Waals surface area contributed by atoms with Gasteiger partial charge in [-0.15, -0.1) is 0 Å². The Morgan fingerprint density at radius 1 is 1.00 bits per heavy atom. The number of nitrogens with zero attached hydrogens (tertiary/aromatic N) is 1. The van der Waals surface area contributed by atoms with Crippen LogP contribution in [-0.4, -0.2) is 42.9 Å². The normalized spacial score (nSPS) is 21.4. The SMILES string of the molecule is Cc1cccc(C(=O)N2CC[C@@H]3CNC[C@@H]3CC2)c1NC(=O)c1ccccc1F. The first-order valence-electron chi connectivity index (χ1n) is 10.2. The van der Waals surface area contributed by atoms with Gasteiger partial charge < -0.3 is 15.5 Å². The Labute approximate surface area is 170 Å². The van der Waals surface area contributed by atoms with Gasteiger partial charge in [-0.2, -0.15) is 0 Å². The molecule has 0 spiro atoms. The number of aryl methyl sites for hydroxylation is 1. The van der Waals surface area contributed by atoms with Crippen LogP contribution in [0, 0.1) is 24.6 Å². The summed E-state index contributed by atoms with van der Waals surface area (Å²) in [5.74, 6) is 0.0450. The number of likely N-dealkylation sites (tertiary alicyclic amines) is 1. The first-order valence-corrected chi connectivity index (χ1v) is 10.2. The van der Waals surface area contributed by atoms with Gasteiger partial charge in [0, 0.05) is 13.1 Å². The highest BCUT2D eigenvalue weighted by Gasteiger charge is 2.32. The minimum Gasteiger partial charge on any atom is -0.339 e. The van der Waals surface area contributed by atoms with Crippen molar-refractivity contribution in [2.45, 2.75) is 19.8 Å². The van der Waals surface area contributed by atoms with Crippen molar-refractivity contribution in [2.24, 2.45) is 11.8 Å². The maximum Gasteiger partial charge on any atom is 0.258 e. The van der Waals surface area contributed by atoms with E-state index in [1.165, 1.54) is 12.1 Å². The number of hydrogen-bond acceptors (Lipinski definition) is 3. The Kier molecular flexibility index (Phi) is 5.62. The predicted molar refractivity (Wildman–Crippen MR) is 111 cm³/mol. The summed E-state index contributed by atoms with van der Waals surface area (Å²) in [7, 11) is 0. The molecule has 0 radical (unpaired) electrons. The highest BCUT2D eigenvalue weighted by molar-refractivity contribution is 6.09. The zero-order valence-corrected chi connectivity index (χ0v) is 16.6. The molecule has 0 bridgehead atoms. The van der Waals surface area contributed by atoms with Gasteiger partial charge in [-0.3, -0.25) is 9.59 Å². The molecule has 152 valence electrons. The van der Waals surface area contributed by atoms with E-state index in [1.54, 1.807) is 18.2 Å². The Morgan fingerprint density at radius 2 is 1.66 bits per heavy atom. The van der Waals surface area contributed by atoms with Crippen LogP contribution in [0.15, 0.2) is 42.5 Å². The largest absolute Gasteiger partial charge is 0.339 e. The first-order chi connectivity index (χ1) is 14.0. The van der Waals surface area contributed by atoms with Gasteiger partial charge in [-0.25, -0.2) is 4.39 Å². The van der Waals surface area contributed by atoms with Crippen LogP contribution in [0.2, 0.25) is 0 Å². The van der Waals surface area contributed by atoms with Gasteiger partial charge >= 0.3 is 0 Å². The average molecular weight is 395 g/mol. The summed E-state index contributed by atoms with van der Waals surface area (Å²) in [6.45, 7) is 5.33. The number of anilines is 1. The minimum absolute atomic E-state index is 0.0377. The van der Waals surface area contributed by atoms with Crippen LogP contribution < -0.4 is 10.6 Å². The zero-order chi connectivity index (χ0) is 20.4. The molecule has 0 saturated carbocycles. The van der Waals surface area contributed by atoms with Gasteiger partial charge in [-0.1, -0.05) is 24.3 Å². The number of fused-ring (bicyclic) bond motifs is 1. The molecule has 5 nitrogen and oxygen atoms in total. The number of benzene rings is 2. The number of nitrogens with one attached hydrogen (secondary N) is 2. The van der Waals surface area contributed by atoms with Crippen molar-refractivity contribution in [3.8, 4) is 0 Å². The van der Waals surface area contributed by atoms with Crippen molar-refractivity contribution >= 4 is 17.5 Å². The maximum absolute atomic E-state index is 14.0. The van der Waals surface area contributed by atoms with E-state index in [1.807, 2.05) is 24.0 Å². The summed E-state index contributed by atoms with van der Waals surface area (Å²) < 4.78 is 14.0. The summed E-state index contributed by atoms with van der Waals surface area (Å²) in [6.07, 6.45) is 1.98. The maximum atomic E-state index is 14.0. The lowest BCUT2D eigenvalue weighted by molar-refractivity contribution is 0.0759. The lowest BCUT2D eigenvalue weighted by Crippen LogP contribution is -2.33. The molecule has 2 saturated heterocycles. The van der Waals surface area contributed by atoms with Crippen molar-refractivity contribution in [1.29, 1.82) is 0 Å². The summed E-state index contributed by atoms with van der Waals surface area (Å²) in [5, 5.41) is 6.22. The third kappa shape index (κ3) is 4.03. The molecular formula is C23H26FN3O2. The second-order valence-corrected chi connectivity index (χ2v) is 7.98. The molecule has 2 N–H and O–H groups in total. The van der Waals surface area contributed by atoms with Gasteiger partial charge in [0.05, 0.1) is 16.8 Å². The molecule has 2 aromatic rings. The molecule has 2 aliphatic rings. The van der Waals surface area contributed by atoms with Gasteiger partial charge in [-0.05, 0) is 68.5 Å². The molecule has 0 unspecified atom stereocenters. The predicted octanol–water partition coefficient (Wildman–Crippen LogP) is 3.46. The van der Waals surface area contributed by atoms with Crippen LogP contribution in [0.5, 0.6) is 0 Å². The fourth-order valence-electron chi connectivity index (χ4n) is 4.43. The van der Waals surface area contributed by atoms with Gasteiger partial charge in [0.1, 0.15) is 5.82 Å². The zero-order valence-electron chi connectivity index (χ0n) is 16.6. The standard InChI is InChI=1S/C23H26FN3O2/c1-15-5-4-7-19(21(15)26-22(28)18-6-2-3-8-20(18)24)23(29)27-11-9-16-13-25-14-17(16)10-12-27/h2-8,16-17,25H,9-14H2,1H3,(H,26,28)/t16-,17+. The van der Waals surface area contributed by atoms with Crippen LogP contribution in [0.4, 0.5) is 10.1 Å². The van der Waals surface area contributed by atoms with Gasteiger partial charge in [0.2, 0.25) is 0 Å². The number of halogens is 1. The summed E-state index contributed by atoms with van der Waals surface area (Å²) in [5.41, 5.74) is 1.65. The first kappa shape index (κ1) is 19.6. The Hall–Kier alpha value is -2.73. The van der Waals surface area contributed by atoms with Crippen molar-refractivity contribution in [1.82, 2.24) is 10.2 Å². The van der Waals surface area contributed by atoms with Crippen molar-refractivity contribution in [3.05, 3.63) is 65.0 Å². The van der Waals surface area contributed by atoms with E-state index >= 15 is 0 Å². The number of hydrogen-bond donors (Lipinski definition) is 2. The van der Waals surface area contributed by atoms with E-state index in [2.05, 4.69) is 10.6 Å². The third-order valence-electron chi connectivity index (χ3n) is 6.17. The van der Waals surface area contributed by atoms with E-state index in [9.17, 15) is 14.0 Å². The minimum atomic E-state index is -0.584. The van der Waals surface area contributed by atoms with E-state index < -0.39 is 11.7 Å². The monoisotopic (exact) mass is 395 g/mol. The molecule has 2 fully saturated rings. The number of para-hydroxylation sites is 1. The van der Waals surface area contributed by atoms with E-state index in [4.69, 9.17) is 0 Å². The van der Waals surface area contributed by atoms with Crippen molar-refractivity contribution in [3.63, 3.8) is 0 Å². The summed E-state index contributed by atoms with van der Waals surface area (Å²) in [4.78, 5) is 27.9. The third-order valence-corrected chi connectivity index (χ3v) is 6.17. The van der Waals surface area contributed by atoms with Gasteiger partial charge in [0.15, 0.2) is 0 Å². The highest BCUT2D eigenvalue weighted by atomic mass is 19.1. The molecule has 2 atom stereocenters. The lowest BCUT2D eigenvalue weighted by Gasteiger charge is -2.23. The van der Waals surface area contributed by atoms with Crippen LogP contribution in [0.1, 0.15) is 39.1 Å². The van der Waals surface area contributed by atoms with Crippen molar-refractivity contribution < 1.29 is 14.0 Å². The van der Waals surface area contributed by atoms with Crippen molar-refractivity contribution in [2.75, 3.05) is 31.5 Å². The Morgan fingerprint density at radius 3 is 2.34 bits per heavy atom. The molecular weight excluding hydrogens is 369 g/mol. The summed E-state index contributed by atoms with van der Waals surface area (Å²) >= 11 is 0. The van der Waals surface area contributed by atoms with Gasteiger partial charge in [0.25, 0.3) is 11.8 Å². The van der Waals surface area contributed by atoms with Crippen LogP contribution >= 0.6 is 0 Å². The second-order valence-electron chi connectivity index (χ2n) is 7.98. The van der Waals surface area contributed by atoms with Crippen LogP contribution in [0.3, 0.4) is 0 Å². The number of carbonyl (C=O) groups is 2. The molecule has 4 rings (SSSR count). The van der Waals surface area contributed by atoms with Crippen LogP contribution in [0.25, 0.3) is 0 Å². The average Bonchev–Trinajstić information content (AvgIpc) is 3.07. The van der Waals surface area contributed by atoms with E-state index in [0.29, 0.717) is 23.1 Å². The summed E-state index contributed by atoms with van der Waals surface area (Å²) in [6, 6.07) is 11.2. The number of rotatable bonds is 3. The fourth-order valence-corrected chi connectivity index (χ4v) is 4.43. The van der Waals surface area contributed by atoms with Crippen LogP contribution in [-0.2, 0) is 0 Å².